The maximum Gasteiger partial charge on any atom is 0.125 e. The van der Waals surface area contributed by atoms with Crippen molar-refractivity contribution in [1.29, 1.82) is 0 Å². The molecule has 1 aromatic rings. The van der Waals surface area contributed by atoms with Crippen LogP contribution in [-0.4, -0.2) is 6.04 Å². The van der Waals surface area contributed by atoms with Gasteiger partial charge in [-0.1, -0.05) is 25.4 Å². The van der Waals surface area contributed by atoms with Crippen molar-refractivity contribution in [3.63, 3.8) is 0 Å². The molecule has 0 spiro atoms. The molecule has 0 aliphatic heterocycles. The van der Waals surface area contributed by atoms with Crippen molar-refractivity contribution < 1.29 is 4.39 Å². The molecule has 0 heterocycles. The second-order valence-corrected chi connectivity index (χ2v) is 5.78. The van der Waals surface area contributed by atoms with Gasteiger partial charge >= 0.3 is 0 Å². The van der Waals surface area contributed by atoms with Crippen molar-refractivity contribution in [3.05, 3.63) is 29.0 Å². The summed E-state index contributed by atoms with van der Waals surface area (Å²) in [6, 6.07) is 4.85. The van der Waals surface area contributed by atoms with Gasteiger partial charge in [-0.3, -0.25) is 0 Å². The molecular weight excluding hydrogens is 225 g/mol. The fourth-order valence-corrected chi connectivity index (χ4v) is 2.56. The van der Waals surface area contributed by atoms with Gasteiger partial charge in [-0.25, -0.2) is 4.39 Å². The van der Waals surface area contributed by atoms with Crippen LogP contribution in [0.1, 0.15) is 33.1 Å². The molecule has 0 aromatic heterocycles. The molecule has 2 rings (SSSR count). The van der Waals surface area contributed by atoms with Crippen molar-refractivity contribution in [2.45, 2.75) is 39.2 Å². The molecule has 16 heavy (non-hydrogen) atoms. The van der Waals surface area contributed by atoms with E-state index in [-0.39, 0.29) is 5.82 Å². The van der Waals surface area contributed by atoms with Gasteiger partial charge in [0.15, 0.2) is 0 Å². The molecule has 0 radical (unpaired) electrons. The summed E-state index contributed by atoms with van der Waals surface area (Å²) in [5, 5.41) is 3.92. The number of anilines is 1. The first-order valence-electron chi connectivity index (χ1n) is 5.68. The Labute approximate surface area is 101 Å². The Kier molecular flexibility index (Phi) is 3.11. The van der Waals surface area contributed by atoms with E-state index in [0.717, 1.165) is 12.8 Å². The first-order valence-corrected chi connectivity index (χ1v) is 6.06. The summed E-state index contributed by atoms with van der Waals surface area (Å²) in [6.07, 6.45) is 3.44. The van der Waals surface area contributed by atoms with E-state index in [1.165, 1.54) is 18.6 Å². The second-order valence-electron chi connectivity index (χ2n) is 5.37. The molecule has 1 unspecified atom stereocenters. The lowest BCUT2D eigenvalue weighted by atomic mass is 9.92. The monoisotopic (exact) mass is 241 g/mol. The number of hydrogen-bond acceptors (Lipinski definition) is 1. The number of halogens is 2. The highest BCUT2D eigenvalue weighted by Gasteiger charge is 2.30. The van der Waals surface area contributed by atoms with Gasteiger partial charge in [0.05, 0.1) is 10.7 Å². The van der Waals surface area contributed by atoms with Gasteiger partial charge < -0.3 is 5.32 Å². The van der Waals surface area contributed by atoms with Gasteiger partial charge in [0.25, 0.3) is 0 Å². The van der Waals surface area contributed by atoms with E-state index in [1.807, 2.05) is 0 Å². The highest BCUT2D eigenvalue weighted by Crippen LogP contribution is 2.39. The Balaban J connectivity index is 2.07. The zero-order chi connectivity index (χ0) is 11.8. The van der Waals surface area contributed by atoms with Crippen LogP contribution in [0.15, 0.2) is 18.2 Å². The normalized spacial score (nSPS) is 23.4. The summed E-state index contributed by atoms with van der Waals surface area (Å²) in [6.45, 7) is 4.53. The van der Waals surface area contributed by atoms with Crippen LogP contribution in [0.4, 0.5) is 10.1 Å². The van der Waals surface area contributed by atoms with E-state index >= 15 is 0 Å². The maximum atomic E-state index is 13.1. The van der Waals surface area contributed by atoms with Crippen LogP contribution < -0.4 is 5.32 Å². The first kappa shape index (κ1) is 11.7. The number of benzene rings is 1. The largest absolute Gasteiger partial charge is 0.381 e. The highest BCUT2D eigenvalue weighted by molar-refractivity contribution is 6.33. The molecule has 1 nitrogen and oxygen atoms in total. The van der Waals surface area contributed by atoms with E-state index in [9.17, 15) is 4.39 Å². The minimum Gasteiger partial charge on any atom is -0.381 e. The van der Waals surface area contributed by atoms with E-state index < -0.39 is 0 Å². The summed E-state index contributed by atoms with van der Waals surface area (Å²) >= 11 is 6.02. The van der Waals surface area contributed by atoms with Gasteiger partial charge in [0.1, 0.15) is 5.82 Å². The van der Waals surface area contributed by atoms with Crippen molar-refractivity contribution in [3.8, 4) is 0 Å². The third kappa shape index (κ3) is 2.67. The minimum absolute atomic E-state index is 0.246. The van der Waals surface area contributed by atoms with Gasteiger partial charge in [0.2, 0.25) is 0 Å². The fraction of sp³-hybridized carbons (Fsp3) is 0.538. The molecule has 1 atom stereocenters. The lowest BCUT2D eigenvalue weighted by Crippen LogP contribution is -2.17. The maximum absolute atomic E-state index is 13.1. The smallest absolute Gasteiger partial charge is 0.125 e. The van der Waals surface area contributed by atoms with Crippen molar-refractivity contribution in [2.24, 2.45) is 5.41 Å². The third-order valence-electron chi connectivity index (χ3n) is 3.26. The lowest BCUT2D eigenvalue weighted by Gasteiger charge is -2.19. The van der Waals surface area contributed by atoms with Gasteiger partial charge in [0, 0.05) is 6.04 Å². The Morgan fingerprint density at radius 2 is 2.19 bits per heavy atom. The first-order chi connectivity index (χ1) is 7.46. The predicted molar refractivity (Wildman–Crippen MR) is 66.5 cm³/mol. The van der Waals surface area contributed by atoms with Crippen LogP contribution >= 0.6 is 11.6 Å². The Bertz CT molecular complexity index is 390. The standard InChI is InChI=1S/C13H17ClFN/c1-13(2)6-5-10(8-13)16-12-7-9(15)3-4-11(12)14/h3-4,7,10,16H,5-6,8H2,1-2H3. The molecular formula is C13H17ClFN. The second kappa shape index (κ2) is 4.25. The molecule has 0 amide bonds. The zero-order valence-corrected chi connectivity index (χ0v) is 10.4. The van der Waals surface area contributed by atoms with Gasteiger partial charge in [-0.05, 0) is 42.9 Å². The molecule has 1 aliphatic carbocycles. The number of rotatable bonds is 2. The Hall–Kier alpha value is -0.760. The predicted octanol–water partition coefficient (Wildman–Crippen LogP) is 4.47. The average molecular weight is 242 g/mol. The van der Waals surface area contributed by atoms with Crippen LogP contribution in [0.5, 0.6) is 0 Å². The van der Waals surface area contributed by atoms with Crippen LogP contribution in [0.3, 0.4) is 0 Å². The zero-order valence-electron chi connectivity index (χ0n) is 9.69. The molecule has 1 aromatic carbocycles. The SMILES string of the molecule is CC1(C)CCC(Nc2cc(F)ccc2Cl)C1. The molecule has 1 aliphatic rings. The number of hydrogen-bond donors (Lipinski definition) is 1. The molecule has 3 heteroatoms. The number of nitrogens with one attached hydrogen (secondary N) is 1. The van der Waals surface area contributed by atoms with E-state index in [0.29, 0.717) is 22.2 Å². The molecule has 0 saturated heterocycles. The Morgan fingerprint density at radius 3 is 2.81 bits per heavy atom. The summed E-state index contributed by atoms with van der Waals surface area (Å²) in [4.78, 5) is 0. The van der Waals surface area contributed by atoms with E-state index in [4.69, 9.17) is 11.6 Å². The minimum atomic E-state index is -0.246. The average Bonchev–Trinajstić information content (AvgIpc) is 2.52. The summed E-state index contributed by atoms with van der Waals surface area (Å²) in [5.41, 5.74) is 1.10. The lowest BCUT2D eigenvalue weighted by molar-refractivity contribution is 0.378. The summed E-state index contributed by atoms with van der Waals surface area (Å²) in [5.74, 6) is -0.246. The molecule has 88 valence electrons. The van der Waals surface area contributed by atoms with Gasteiger partial charge in [-0.2, -0.15) is 0 Å². The van der Waals surface area contributed by atoms with E-state index in [1.54, 1.807) is 6.07 Å². The molecule has 0 bridgehead atoms. The van der Waals surface area contributed by atoms with Crippen molar-refractivity contribution >= 4 is 17.3 Å². The fourth-order valence-electron chi connectivity index (χ4n) is 2.39. The van der Waals surface area contributed by atoms with E-state index in [2.05, 4.69) is 19.2 Å². The summed E-state index contributed by atoms with van der Waals surface area (Å²) < 4.78 is 13.1. The highest BCUT2D eigenvalue weighted by atomic mass is 35.5. The van der Waals surface area contributed by atoms with Crippen LogP contribution in [0, 0.1) is 11.2 Å². The van der Waals surface area contributed by atoms with Crippen LogP contribution in [0.2, 0.25) is 5.02 Å². The molecule has 1 fully saturated rings. The van der Waals surface area contributed by atoms with Crippen LogP contribution in [-0.2, 0) is 0 Å². The van der Waals surface area contributed by atoms with Crippen molar-refractivity contribution in [2.75, 3.05) is 5.32 Å². The molecule has 1 saturated carbocycles. The quantitative estimate of drug-likeness (QED) is 0.806. The third-order valence-corrected chi connectivity index (χ3v) is 3.59. The van der Waals surface area contributed by atoms with Crippen molar-refractivity contribution in [1.82, 2.24) is 0 Å². The Morgan fingerprint density at radius 1 is 1.44 bits per heavy atom. The topological polar surface area (TPSA) is 12.0 Å². The summed E-state index contributed by atoms with van der Waals surface area (Å²) in [7, 11) is 0. The van der Waals surface area contributed by atoms with Crippen LogP contribution in [0.25, 0.3) is 0 Å². The van der Waals surface area contributed by atoms with Gasteiger partial charge in [-0.15, -0.1) is 0 Å². The molecule has 1 N–H and O–H groups in total.